The summed E-state index contributed by atoms with van der Waals surface area (Å²) in [5.74, 6) is 7.76. The van der Waals surface area contributed by atoms with Gasteiger partial charge in [-0.25, -0.2) is 4.98 Å². The number of piperazine rings is 1. The summed E-state index contributed by atoms with van der Waals surface area (Å²) in [5.41, 5.74) is 4.02. The van der Waals surface area contributed by atoms with Gasteiger partial charge < -0.3 is 19.4 Å². The number of H-pyrrole nitrogens is 1. The van der Waals surface area contributed by atoms with E-state index in [4.69, 9.17) is 9.47 Å². The number of aromatic nitrogens is 5. The number of fused-ring (bicyclic) bond motifs is 3. The zero-order valence-electron chi connectivity index (χ0n) is 22.3. The minimum atomic E-state index is -0.284. The number of ether oxygens (including phenoxy) is 2. The van der Waals surface area contributed by atoms with E-state index < -0.39 is 0 Å². The predicted octanol–water partition coefficient (Wildman–Crippen LogP) is 3.30. The van der Waals surface area contributed by atoms with Gasteiger partial charge in [0.1, 0.15) is 12.3 Å². The van der Waals surface area contributed by atoms with Crippen molar-refractivity contribution >= 4 is 21.9 Å². The molecule has 5 heterocycles. The van der Waals surface area contributed by atoms with Crippen LogP contribution in [-0.4, -0.2) is 93.1 Å². The highest BCUT2D eigenvalue weighted by molar-refractivity contribution is 6.10. The number of hydrogen-bond acceptors (Lipinski definition) is 7. The normalized spacial score (nSPS) is 15.3. The van der Waals surface area contributed by atoms with E-state index in [1.54, 1.807) is 18.0 Å². The molecule has 0 atom stereocenters. The van der Waals surface area contributed by atoms with E-state index in [1.807, 2.05) is 25.6 Å². The molecular weight excluding hydrogens is 466 g/mol. The Balaban J connectivity index is 1.60. The monoisotopic (exact) mass is 501 g/mol. The first kappa shape index (κ1) is 25.2. The van der Waals surface area contributed by atoms with Crippen molar-refractivity contribution in [2.24, 2.45) is 7.05 Å². The van der Waals surface area contributed by atoms with Gasteiger partial charge in [0.15, 0.2) is 5.75 Å². The van der Waals surface area contributed by atoms with Gasteiger partial charge in [-0.2, -0.15) is 5.10 Å². The average molecular weight is 502 g/mol. The number of aromatic amines is 1. The first-order valence-electron chi connectivity index (χ1n) is 12.8. The Morgan fingerprint density at radius 3 is 2.59 bits per heavy atom. The fourth-order valence-corrected chi connectivity index (χ4v) is 4.84. The van der Waals surface area contributed by atoms with Crippen molar-refractivity contribution in [1.82, 2.24) is 34.5 Å². The quantitative estimate of drug-likeness (QED) is 0.307. The van der Waals surface area contributed by atoms with E-state index in [0.29, 0.717) is 19.0 Å². The Morgan fingerprint density at radius 2 is 1.89 bits per heavy atom. The number of pyridine rings is 2. The summed E-state index contributed by atoms with van der Waals surface area (Å²) in [6, 6.07) is 2.08. The van der Waals surface area contributed by atoms with Gasteiger partial charge in [-0.3, -0.25) is 14.6 Å². The lowest BCUT2D eigenvalue weighted by atomic mass is 10.0. The van der Waals surface area contributed by atoms with Gasteiger partial charge in [-0.05, 0) is 26.5 Å². The van der Waals surface area contributed by atoms with Gasteiger partial charge in [0, 0.05) is 62.9 Å². The highest BCUT2D eigenvalue weighted by Gasteiger charge is 2.28. The van der Waals surface area contributed by atoms with Crippen molar-refractivity contribution < 1.29 is 9.47 Å². The molecule has 0 saturated carbocycles. The average Bonchev–Trinajstić information content (AvgIpc) is 3.51. The van der Waals surface area contributed by atoms with Gasteiger partial charge in [0.2, 0.25) is 0 Å². The number of hydrogen-bond donors (Lipinski definition) is 1. The Hall–Kier alpha value is -3.45. The number of nitrogens with zero attached hydrogens (tertiary/aromatic N) is 6. The number of aryl methyl sites for hydroxylation is 1. The predicted molar refractivity (Wildman–Crippen MR) is 146 cm³/mol. The van der Waals surface area contributed by atoms with Crippen LogP contribution in [0.2, 0.25) is 0 Å². The summed E-state index contributed by atoms with van der Waals surface area (Å²) in [5, 5.41) is 6.25. The lowest BCUT2D eigenvalue weighted by Gasteiger charge is -2.41. The molecule has 9 heteroatoms. The smallest absolute Gasteiger partial charge is 0.154 e. The van der Waals surface area contributed by atoms with Crippen LogP contribution >= 0.6 is 0 Å². The summed E-state index contributed by atoms with van der Waals surface area (Å²) in [6.07, 6.45) is 7.38. The van der Waals surface area contributed by atoms with E-state index in [1.165, 1.54) is 0 Å². The van der Waals surface area contributed by atoms with Crippen LogP contribution in [0.25, 0.3) is 33.2 Å². The van der Waals surface area contributed by atoms with E-state index in [2.05, 4.69) is 68.5 Å². The van der Waals surface area contributed by atoms with Gasteiger partial charge in [-0.1, -0.05) is 18.8 Å². The van der Waals surface area contributed by atoms with Gasteiger partial charge in [0.05, 0.1) is 47.5 Å². The van der Waals surface area contributed by atoms with Crippen molar-refractivity contribution in [2.75, 3.05) is 53.0 Å². The summed E-state index contributed by atoms with van der Waals surface area (Å²) in [4.78, 5) is 17.7. The summed E-state index contributed by atoms with van der Waals surface area (Å²) >= 11 is 0. The molecule has 1 aliphatic rings. The SMILES string of the molecule is CCN1CCN(C(C)(C)C#Cc2c(OCCOC)cnc3[nH]c4cnc(-c5cnn(C)c5)cc4c23)CC1. The number of likely N-dealkylation sites (N-methyl/N-ethyl adjacent to an activating group) is 1. The van der Waals surface area contributed by atoms with Crippen LogP contribution < -0.4 is 4.74 Å². The van der Waals surface area contributed by atoms with E-state index in [9.17, 15) is 0 Å². The molecule has 1 aliphatic heterocycles. The molecule has 0 amide bonds. The Bertz CT molecular complexity index is 1450. The Morgan fingerprint density at radius 1 is 1.08 bits per heavy atom. The molecule has 4 aromatic heterocycles. The highest BCUT2D eigenvalue weighted by Crippen LogP contribution is 2.34. The number of rotatable bonds is 7. The van der Waals surface area contributed by atoms with Crippen LogP contribution in [0.3, 0.4) is 0 Å². The van der Waals surface area contributed by atoms with Gasteiger partial charge >= 0.3 is 0 Å². The maximum Gasteiger partial charge on any atom is 0.154 e. The number of nitrogens with one attached hydrogen (secondary N) is 1. The second-order valence-electron chi connectivity index (χ2n) is 9.94. The highest BCUT2D eigenvalue weighted by atomic mass is 16.5. The van der Waals surface area contributed by atoms with Crippen LogP contribution in [0.15, 0.2) is 30.9 Å². The van der Waals surface area contributed by atoms with Crippen molar-refractivity contribution in [3.63, 3.8) is 0 Å². The molecule has 1 fully saturated rings. The van der Waals surface area contributed by atoms with E-state index >= 15 is 0 Å². The van der Waals surface area contributed by atoms with Crippen molar-refractivity contribution in [3.8, 4) is 28.8 Å². The molecule has 1 saturated heterocycles. The second kappa shape index (κ2) is 10.5. The van der Waals surface area contributed by atoms with Gasteiger partial charge in [-0.15, -0.1) is 0 Å². The second-order valence-corrected chi connectivity index (χ2v) is 9.94. The lowest BCUT2D eigenvalue weighted by molar-refractivity contribution is 0.0840. The minimum Gasteiger partial charge on any atom is -0.488 e. The maximum atomic E-state index is 6.11. The first-order chi connectivity index (χ1) is 17.9. The summed E-state index contributed by atoms with van der Waals surface area (Å²) in [7, 11) is 3.57. The zero-order valence-corrected chi connectivity index (χ0v) is 22.3. The molecule has 0 spiro atoms. The van der Waals surface area contributed by atoms with Crippen molar-refractivity contribution in [1.29, 1.82) is 0 Å². The largest absolute Gasteiger partial charge is 0.488 e. The molecule has 9 nitrogen and oxygen atoms in total. The van der Waals surface area contributed by atoms with Crippen LogP contribution in [0.5, 0.6) is 5.75 Å². The molecule has 0 aromatic carbocycles. The molecule has 0 radical (unpaired) electrons. The summed E-state index contributed by atoms with van der Waals surface area (Å²) < 4.78 is 13.1. The molecule has 4 aromatic rings. The standard InChI is InChI=1S/C28H35N7O2/c1-6-34-9-11-35(12-10-34)28(2,3)8-7-21-25(37-14-13-36-5)18-30-27-26(21)22-15-23(29-17-24(22)32-27)20-16-31-33(4)19-20/h15-19H,6,9-14H2,1-5H3,(H,30,32). The summed E-state index contributed by atoms with van der Waals surface area (Å²) in [6.45, 7) is 12.8. The van der Waals surface area contributed by atoms with Crippen LogP contribution in [0.1, 0.15) is 26.3 Å². The van der Waals surface area contributed by atoms with Crippen LogP contribution in [0.4, 0.5) is 0 Å². The van der Waals surface area contributed by atoms with Gasteiger partial charge in [0.25, 0.3) is 0 Å². The fourth-order valence-electron chi connectivity index (χ4n) is 4.84. The molecule has 37 heavy (non-hydrogen) atoms. The molecule has 0 aliphatic carbocycles. The minimum absolute atomic E-state index is 0.284. The first-order valence-corrected chi connectivity index (χ1v) is 12.8. The molecule has 194 valence electrons. The molecule has 0 bridgehead atoms. The lowest BCUT2D eigenvalue weighted by Crippen LogP contribution is -2.54. The Kier molecular flexibility index (Phi) is 7.15. The molecule has 5 rings (SSSR count). The van der Waals surface area contributed by atoms with Crippen LogP contribution in [-0.2, 0) is 11.8 Å². The molecule has 0 unspecified atom stereocenters. The van der Waals surface area contributed by atoms with Crippen molar-refractivity contribution in [2.45, 2.75) is 26.3 Å². The third kappa shape index (κ3) is 5.18. The van der Waals surface area contributed by atoms with Crippen molar-refractivity contribution in [3.05, 3.63) is 36.4 Å². The third-order valence-corrected chi connectivity index (χ3v) is 7.12. The zero-order chi connectivity index (χ0) is 26.0. The third-order valence-electron chi connectivity index (χ3n) is 7.12. The van der Waals surface area contributed by atoms with E-state index in [0.717, 1.165) is 71.5 Å². The molecule has 1 N–H and O–H groups in total. The maximum absolute atomic E-state index is 6.11. The topological polar surface area (TPSA) is 84.3 Å². The van der Waals surface area contributed by atoms with Crippen LogP contribution in [0, 0.1) is 11.8 Å². The van der Waals surface area contributed by atoms with E-state index in [-0.39, 0.29) is 5.54 Å². The molecular formula is C28H35N7O2. The fraction of sp³-hybridized carbons (Fsp3) is 0.464. The number of methoxy groups -OCH3 is 1. The Labute approximate surface area is 217 Å².